The van der Waals surface area contributed by atoms with Crippen LogP contribution in [0.25, 0.3) is 0 Å². The van der Waals surface area contributed by atoms with Crippen molar-refractivity contribution in [3.8, 4) is 17.9 Å². The highest BCUT2D eigenvalue weighted by Gasteiger charge is 2.42. The lowest BCUT2D eigenvalue weighted by Gasteiger charge is -2.38. The number of nitrogens with two attached hydrogens (primary N) is 1. The van der Waals surface area contributed by atoms with Crippen molar-refractivity contribution in [1.29, 1.82) is 10.5 Å². The zero-order chi connectivity index (χ0) is 29.1. The summed E-state index contributed by atoms with van der Waals surface area (Å²) >= 11 is 5.93. The van der Waals surface area contributed by atoms with E-state index < -0.39 is 5.92 Å². The molecule has 1 aromatic heterocycles. The van der Waals surface area contributed by atoms with E-state index in [1.807, 2.05) is 18.2 Å². The number of Topliss-reactive ketones (excluding diaryl/α,β-unsaturated/α-hetero) is 1. The Bertz CT molecular complexity index is 1690. The van der Waals surface area contributed by atoms with Gasteiger partial charge in [0.05, 0.1) is 42.1 Å². The molecule has 2 aromatic carbocycles. The summed E-state index contributed by atoms with van der Waals surface area (Å²) in [6.07, 6.45) is 1.58. The van der Waals surface area contributed by atoms with Gasteiger partial charge in [0, 0.05) is 33.4 Å². The summed E-state index contributed by atoms with van der Waals surface area (Å²) in [6.45, 7) is 0. The van der Waals surface area contributed by atoms with Gasteiger partial charge in [-0.2, -0.15) is 10.5 Å². The van der Waals surface area contributed by atoms with Crippen LogP contribution in [0.15, 0.2) is 73.9 Å². The summed E-state index contributed by atoms with van der Waals surface area (Å²) in [5, 5.41) is 30.9. The normalized spacial score (nSPS) is 16.6. The minimum absolute atomic E-state index is 0.0536. The van der Waals surface area contributed by atoms with Crippen LogP contribution >= 0.6 is 39.0 Å². The molecule has 0 saturated carbocycles. The average molecular weight is 649 g/mol. The molecule has 0 radical (unpaired) electrons. The Kier molecular flexibility index (Phi) is 8.40. The monoisotopic (exact) mass is 647 g/mol. The van der Waals surface area contributed by atoms with E-state index in [4.69, 9.17) is 15.7 Å². The predicted octanol–water partition coefficient (Wildman–Crippen LogP) is 5.22. The van der Waals surface area contributed by atoms with Crippen LogP contribution < -0.4 is 20.7 Å². The van der Waals surface area contributed by atoms with Gasteiger partial charge in [-0.15, -0.1) is 10.2 Å². The number of anilines is 2. The van der Waals surface area contributed by atoms with Crippen molar-refractivity contribution in [3.05, 3.63) is 80.7 Å². The van der Waals surface area contributed by atoms with Gasteiger partial charge in [-0.05, 0) is 55.3 Å². The highest BCUT2D eigenvalue weighted by atomic mass is 79.9. The van der Waals surface area contributed by atoms with Gasteiger partial charge in [0.1, 0.15) is 11.6 Å². The average Bonchev–Trinajstić information content (AvgIpc) is 3.44. The molecule has 0 saturated heterocycles. The minimum atomic E-state index is -0.681. The number of nitrogens with zero attached hydrogens (tertiary/aromatic N) is 5. The van der Waals surface area contributed by atoms with Crippen LogP contribution in [0.4, 0.5) is 10.8 Å². The number of carbonyl (C=O) groups excluding carboxylic acids is 2. The van der Waals surface area contributed by atoms with Crippen molar-refractivity contribution < 1.29 is 14.3 Å². The fourth-order valence-electron chi connectivity index (χ4n) is 4.85. The quantitative estimate of drug-likeness (QED) is 0.326. The molecule has 206 valence electrons. The van der Waals surface area contributed by atoms with Crippen molar-refractivity contribution in [1.82, 2.24) is 10.2 Å². The van der Waals surface area contributed by atoms with Crippen molar-refractivity contribution in [2.75, 3.05) is 23.1 Å². The largest absolute Gasteiger partial charge is 0.496 e. The van der Waals surface area contributed by atoms with E-state index in [0.29, 0.717) is 62.6 Å². The van der Waals surface area contributed by atoms with Crippen molar-refractivity contribution >= 4 is 61.5 Å². The number of hydrogen-bond acceptors (Lipinski definition) is 11. The highest BCUT2D eigenvalue weighted by molar-refractivity contribution is 9.10. The number of halogens is 1. The maximum Gasteiger partial charge on any atom is 0.234 e. The number of aromatic nitrogens is 2. The van der Waals surface area contributed by atoms with Crippen LogP contribution in [0, 0.1) is 22.7 Å². The first kappa shape index (κ1) is 28.4. The van der Waals surface area contributed by atoms with Crippen LogP contribution in [-0.4, -0.2) is 34.8 Å². The molecule has 1 amide bonds. The molecule has 0 bridgehead atoms. The smallest absolute Gasteiger partial charge is 0.234 e. The van der Waals surface area contributed by atoms with Crippen LogP contribution in [0.5, 0.6) is 5.75 Å². The Morgan fingerprint density at radius 3 is 2.71 bits per heavy atom. The zero-order valence-electron chi connectivity index (χ0n) is 21.7. The summed E-state index contributed by atoms with van der Waals surface area (Å²) < 4.78 is 6.91. The third-order valence-electron chi connectivity index (χ3n) is 6.63. The first-order valence-corrected chi connectivity index (χ1v) is 15.0. The second kappa shape index (κ2) is 12.1. The number of methoxy groups -OCH3 is 1. The second-order valence-electron chi connectivity index (χ2n) is 9.08. The highest BCUT2D eigenvalue weighted by Crippen LogP contribution is 2.49. The first-order chi connectivity index (χ1) is 19.8. The lowest BCUT2D eigenvalue weighted by atomic mass is 9.75. The number of ketones is 1. The van der Waals surface area contributed by atoms with E-state index in [9.17, 15) is 14.9 Å². The van der Waals surface area contributed by atoms with Gasteiger partial charge in [0.25, 0.3) is 0 Å². The molecule has 0 spiro atoms. The molecule has 10 nitrogen and oxygen atoms in total. The Balaban J connectivity index is 1.43. The molecule has 2 heterocycles. The first-order valence-electron chi connectivity index (χ1n) is 12.4. The molecular weight excluding hydrogens is 626 g/mol. The standard InChI is InChI=1S/C28H22BrN7O3S2/c1-39-22-10-7-16(29)11-18(22)24-19(13-31)26(32)36(20-3-2-4-21(37)25(20)24)27-34-35-28(41-27)40-14-23(38)33-17-8-5-15(12-30)6-9-17/h5-11,24H,2-4,14,32H2,1H3,(H,33,38). The molecular formula is C28H22BrN7O3S2. The maximum absolute atomic E-state index is 13.4. The summed E-state index contributed by atoms with van der Waals surface area (Å²) in [5.74, 6) is -0.165. The Morgan fingerprint density at radius 1 is 1.22 bits per heavy atom. The van der Waals surface area contributed by atoms with Gasteiger partial charge in [0.15, 0.2) is 10.1 Å². The molecule has 1 aliphatic heterocycles. The molecule has 0 fully saturated rings. The summed E-state index contributed by atoms with van der Waals surface area (Å²) in [7, 11) is 1.55. The van der Waals surface area contributed by atoms with E-state index in [2.05, 4.69) is 37.5 Å². The molecule has 1 aliphatic carbocycles. The number of benzene rings is 2. The molecule has 5 rings (SSSR count). The molecule has 2 aliphatic rings. The number of amides is 1. The SMILES string of the molecule is COc1ccc(Br)cc1C1C(C#N)=C(N)N(c2nnc(SCC(=O)Nc3ccc(C#N)cc3)s2)C2=C1C(=O)CCC2. The van der Waals surface area contributed by atoms with E-state index in [1.165, 1.54) is 23.1 Å². The molecule has 3 aromatic rings. The Labute approximate surface area is 252 Å². The number of carbonyl (C=O) groups is 2. The van der Waals surface area contributed by atoms with Crippen LogP contribution in [0.3, 0.4) is 0 Å². The van der Waals surface area contributed by atoms with E-state index >= 15 is 0 Å². The fourth-order valence-corrected chi connectivity index (χ4v) is 6.91. The number of hydrogen-bond donors (Lipinski definition) is 2. The molecule has 3 N–H and O–H groups in total. The van der Waals surface area contributed by atoms with Crippen molar-refractivity contribution in [2.24, 2.45) is 5.73 Å². The third-order valence-corrected chi connectivity index (χ3v) is 9.16. The summed E-state index contributed by atoms with van der Waals surface area (Å²) in [6, 6.07) is 16.3. The molecule has 13 heteroatoms. The number of rotatable bonds is 7. The zero-order valence-corrected chi connectivity index (χ0v) is 24.9. The fraction of sp³-hybridized carbons (Fsp3) is 0.214. The number of nitriles is 2. The van der Waals surface area contributed by atoms with Gasteiger partial charge in [0.2, 0.25) is 11.0 Å². The number of ether oxygens (including phenoxy) is 1. The minimum Gasteiger partial charge on any atom is -0.496 e. The Morgan fingerprint density at radius 2 is 2.00 bits per heavy atom. The topological polar surface area (TPSA) is 158 Å². The lowest BCUT2D eigenvalue weighted by Crippen LogP contribution is -2.38. The second-order valence-corrected chi connectivity index (χ2v) is 12.2. The van der Waals surface area contributed by atoms with Crippen LogP contribution in [0.1, 0.15) is 36.3 Å². The van der Waals surface area contributed by atoms with Gasteiger partial charge >= 0.3 is 0 Å². The Hall–Kier alpha value is -4.17. The van der Waals surface area contributed by atoms with Gasteiger partial charge < -0.3 is 15.8 Å². The van der Waals surface area contributed by atoms with Gasteiger partial charge in [-0.1, -0.05) is 39.0 Å². The molecule has 41 heavy (non-hydrogen) atoms. The van der Waals surface area contributed by atoms with E-state index in [-0.39, 0.29) is 28.8 Å². The van der Waals surface area contributed by atoms with Crippen LogP contribution in [-0.2, 0) is 9.59 Å². The lowest BCUT2D eigenvalue weighted by molar-refractivity contribution is -0.116. The summed E-state index contributed by atoms with van der Waals surface area (Å²) in [5.41, 5.74) is 9.83. The van der Waals surface area contributed by atoms with E-state index in [1.54, 1.807) is 42.3 Å². The van der Waals surface area contributed by atoms with E-state index in [0.717, 1.165) is 4.47 Å². The van der Waals surface area contributed by atoms with Crippen molar-refractivity contribution in [2.45, 2.75) is 29.5 Å². The maximum atomic E-state index is 13.4. The van der Waals surface area contributed by atoms with Crippen LogP contribution in [0.2, 0.25) is 0 Å². The number of thioether (sulfide) groups is 1. The third kappa shape index (κ3) is 5.70. The number of allylic oxidation sites excluding steroid dienone is 3. The van der Waals surface area contributed by atoms with Crippen molar-refractivity contribution in [3.63, 3.8) is 0 Å². The number of nitrogens with one attached hydrogen (secondary N) is 1. The predicted molar refractivity (Wildman–Crippen MR) is 159 cm³/mol. The van der Waals surface area contributed by atoms with Gasteiger partial charge in [-0.3, -0.25) is 14.5 Å². The summed E-state index contributed by atoms with van der Waals surface area (Å²) in [4.78, 5) is 27.5. The molecule has 1 unspecified atom stereocenters. The van der Waals surface area contributed by atoms with Gasteiger partial charge in [-0.25, -0.2) is 0 Å². The molecule has 1 atom stereocenters.